The molecule has 2 aliphatic heterocycles. The van der Waals surface area contributed by atoms with Crippen molar-refractivity contribution in [2.24, 2.45) is 11.8 Å². The van der Waals surface area contributed by atoms with Gasteiger partial charge in [0.05, 0.1) is 5.39 Å². The lowest BCUT2D eigenvalue weighted by molar-refractivity contribution is 0.405. The van der Waals surface area contributed by atoms with E-state index in [2.05, 4.69) is 45.1 Å². The van der Waals surface area contributed by atoms with E-state index in [-0.39, 0.29) is 0 Å². The van der Waals surface area contributed by atoms with Gasteiger partial charge in [0.15, 0.2) is 0 Å². The largest absolute Gasteiger partial charge is 0.356 e. The van der Waals surface area contributed by atoms with Crippen molar-refractivity contribution < 1.29 is 0 Å². The van der Waals surface area contributed by atoms with Crippen LogP contribution >= 0.6 is 0 Å². The third-order valence-electron chi connectivity index (χ3n) is 4.83. The normalized spacial score (nSPS) is 25.0. The number of nitrogens with zero attached hydrogens (tertiary/aromatic N) is 3. The molecule has 0 radical (unpaired) electrons. The zero-order valence-corrected chi connectivity index (χ0v) is 14.4. The van der Waals surface area contributed by atoms with E-state index in [1.807, 2.05) is 6.20 Å². The van der Waals surface area contributed by atoms with Crippen LogP contribution in [-0.4, -0.2) is 41.1 Å². The van der Waals surface area contributed by atoms with Crippen LogP contribution in [0.15, 0.2) is 18.6 Å². The third kappa shape index (κ3) is 4.22. The smallest absolute Gasteiger partial charge is 0.142 e. The SMILES string of the molecule is CC1CCCN(c2ncnc3[nH]ccc23)C1.CC1CCCNC1. The Labute approximate surface area is 138 Å². The van der Waals surface area contributed by atoms with Crippen LogP contribution < -0.4 is 10.2 Å². The van der Waals surface area contributed by atoms with Gasteiger partial charge in [-0.05, 0) is 56.7 Å². The van der Waals surface area contributed by atoms with Gasteiger partial charge in [-0.1, -0.05) is 13.8 Å². The zero-order chi connectivity index (χ0) is 16.1. The molecule has 4 rings (SSSR count). The first-order valence-corrected chi connectivity index (χ1v) is 8.98. The third-order valence-corrected chi connectivity index (χ3v) is 4.83. The summed E-state index contributed by atoms with van der Waals surface area (Å²) in [7, 11) is 0. The van der Waals surface area contributed by atoms with Crippen LogP contribution in [0.2, 0.25) is 0 Å². The molecule has 2 N–H and O–H groups in total. The number of hydrogen-bond donors (Lipinski definition) is 2. The van der Waals surface area contributed by atoms with Crippen LogP contribution in [0.5, 0.6) is 0 Å². The number of aromatic nitrogens is 3. The standard InChI is InChI=1S/C12H16N4.C6H13N/c1-9-3-2-6-16(7-9)12-10-4-5-13-11(10)14-8-15-12;1-6-3-2-4-7-5-6/h4-5,8-9H,2-3,6-7H2,1H3,(H,13,14,15);6-7H,2-5H2,1H3. The van der Waals surface area contributed by atoms with Crippen LogP contribution in [0, 0.1) is 11.8 Å². The Balaban J connectivity index is 0.000000188. The van der Waals surface area contributed by atoms with Gasteiger partial charge < -0.3 is 15.2 Å². The molecule has 0 amide bonds. The highest BCUT2D eigenvalue weighted by atomic mass is 15.2. The molecular weight excluding hydrogens is 286 g/mol. The number of aromatic amines is 1. The molecule has 0 spiro atoms. The molecule has 2 aromatic rings. The fraction of sp³-hybridized carbons (Fsp3) is 0.667. The molecule has 0 aliphatic carbocycles. The van der Waals surface area contributed by atoms with E-state index in [1.165, 1.54) is 38.8 Å². The average molecular weight is 315 g/mol. The number of hydrogen-bond acceptors (Lipinski definition) is 4. The monoisotopic (exact) mass is 315 g/mol. The lowest BCUT2D eigenvalue weighted by atomic mass is 10.0. The molecular formula is C18H29N5. The van der Waals surface area contributed by atoms with Gasteiger partial charge in [0.1, 0.15) is 17.8 Å². The second kappa shape index (κ2) is 7.77. The zero-order valence-electron chi connectivity index (χ0n) is 14.4. The molecule has 23 heavy (non-hydrogen) atoms. The fourth-order valence-corrected chi connectivity index (χ4v) is 3.52. The highest BCUT2D eigenvalue weighted by Gasteiger charge is 2.19. The van der Waals surface area contributed by atoms with Crippen molar-refractivity contribution in [3.63, 3.8) is 0 Å². The molecule has 0 saturated carbocycles. The topological polar surface area (TPSA) is 56.8 Å². The van der Waals surface area contributed by atoms with E-state index in [9.17, 15) is 0 Å². The van der Waals surface area contributed by atoms with Gasteiger partial charge in [-0.25, -0.2) is 9.97 Å². The molecule has 126 valence electrons. The lowest BCUT2D eigenvalue weighted by Gasteiger charge is -2.32. The number of nitrogens with one attached hydrogen (secondary N) is 2. The second-order valence-electron chi connectivity index (χ2n) is 7.08. The van der Waals surface area contributed by atoms with Gasteiger partial charge in [-0.2, -0.15) is 0 Å². The lowest BCUT2D eigenvalue weighted by Crippen LogP contribution is -2.34. The van der Waals surface area contributed by atoms with Gasteiger partial charge in [0, 0.05) is 19.3 Å². The van der Waals surface area contributed by atoms with Gasteiger partial charge >= 0.3 is 0 Å². The first-order chi connectivity index (χ1) is 11.2. The summed E-state index contributed by atoms with van der Waals surface area (Å²) in [4.78, 5) is 14.2. The van der Waals surface area contributed by atoms with Crippen molar-refractivity contribution in [1.82, 2.24) is 20.3 Å². The molecule has 2 fully saturated rings. The Kier molecular flexibility index (Phi) is 5.49. The Hall–Kier alpha value is -1.62. The summed E-state index contributed by atoms with van der Waals surface area (Å²) in [6.07, 6.45) is 8.97. The highest BCUT2D eigenvalue weighted by molar-refractivity contribution is 5.87. The molecule has 2 aliphatic rings. The molecule has 4 heterocycles. The van der Waals surface area contributed by atoms with Crippen LogP contribution in [0.1, 0.15) is 39.5 Å². The van der Waals surface area contributed by atoms with E-state index in [0.717, 1.165) is 41.8 Å². The van der Waals surface area contributed by atoms with Gasteiger partial charge in [0.25, 0.3) is 0 Å². The predicted octanol–water partition coefficient (Wildman–Crippen LogP) is 3.20. The Bertz CT molecular complexity index is 602. The minimum absolute atomic E-state index is 0.762. The van der Waals surface area contributed by atoms with Crippen molar-refractivity contribution in [3.8, 4) is 0 Å². The summed E-state index contributed by atoms with van der Waals surface area (Å²) in [5.74, 6) is 2.77. The summed E-state index contributed by atoms with van der Waals surface area (Å²) in [6, 6.07) is 2.06. The predicted molar refractivity (Wildman–Crippen MR) is 95.8 cm³/mol. The van der Waals surface area contributed by atoms with E-state index in [1.54, 1.807) is 6.33 Å². The van der Waals surface area contributed by atoms with E-state index >= 15 is 0 Å². The van der Waals surface area contributed by atoms with Gasteiger partial charge in [-0.3, -0.25) is 0 Å². The maximum Gasteiger partial charge on any atom is 0.142 e. The first-order valence-electron chi connectivity index (χ1n) is 8.98. The maximum atomic E-state index is 4.43. The number of anilines is 1. The molecule has 0 aromatic carbocycles. The molecule has 2 atom stereocenters. The second-order valence-corrected chi connectivity index (χ2v) is 7.08. The summed E-state index contributed by atoms with van der Waals surface area (Å²) in [6.45, 7) is 9.30. The molecule has 2 unspecified atom stereocenters. The Morgan fingerprint density at radius 2 is 2.00 bits per heavy atom. The van der Waals surface area contributed by atoms with Crippen molar-refractivity contribution in [2.45, 2.75) is 39.5 Å². The maximum absolute atomic E-state index is 4.43. The summed E-state index contributed by atoms with van der Waals surface area (Å²) in [5.41, 5.74) is 0.934. The fourth-order valence-electron chi connectivity index (χ4n) is 3.52. The van der Waals surface area contributed by atoms with Crippen LogP contribution in [0.3, 0.4) is 0 Å². The summed E-state index contributed by atoms with van der Waals surface area (Å²) < 4.78 is 0. The average Bonchev–Trinajstić information content (AvgIpc) is 3.05. The van der Waals surface area contributed by atoms with Crippen molar-refractivity contribution in [2.75, 3.05) is 31.1 Å². The quantitative estimate of drug-likeness (QED) is 0.848. The van der Waals surface area contributed by atoms with Crippen LogP contribution in [0.25, 0.3) is 11.0 Å². The molecule has 5 heteroatoms. The minimum Gasteiger partial charge on any atom is -0.356 e. The van der Waals surface area contributed by atoms with Gasteiger partial charge in [0.2, 0.25) is 0 Å². The summed E-state index contributed by atoms with van der Waals surface area (Å²) in [5, 5.41) is 4.47. The highest BCUT2D eigenvalue weighted by Crippen LogP contribution is 2.26. The number of rotatable bonds is 1. The molecule has 5 nitrogen and oxygen atoms in total. The number of fused-ring (bicyclic) bond motifs is 1. The van der Waals surface area contributed by atoms with Crippen molar-refractivity contribution >= 4 is 16.9 Å². The number of H-pyrrole nitrogens is 1. The Morgan fingerprint density at radius 1 is 1.13 bits per heavy atom. The minimum atomic E-state index is 0.762. The van der Waals surface area contributed by atoms with E-state index in [0.29, 0.717) is 0 Å². The van der Waals surface area contributed by atoms with E-state index < -0.39 is 0 Å². The van der Waals surface area contributed by atoms with Crippen molar-refractivity contribution in [1.29, 1.82) is 0 Å². The number of piperidine rings is 2. The molecule has 2 aromatic heterocycles. The van der Waals surface area contributed by atoms with Crippen LogP contribution in [-0.2, 0) is 0 Å². The first kappa shape index (κ1) is 16.2. The summed E-state index contributed by atoms with van der Waals surface area (Å²) >= 11 is 0. The van der Waals surface area contributed by atoms with Gasteiger partial charge in [-0.15, -0.1) is 0 Å². The Morgan fingerprint density at radius 3 is 2.70 bits per heavy atom. The van der Waals surface area contributed by atoms with Crippen LogP contribution in [0.4, 0.5) is 5.82 Å². The molecule has 2 saturated heterocycles. The van der Waals surface area contributed by atoms with E-state index in [4.69, 9.17) is 0 Å². The molecule has 0 bridgehead atoms. The van der Waals surface area contributed by atoms with Crippen molar-refractivity contribution in [3.05, 3.63) is 18.6 Å².